The Morgan fingerprint density at radius 1 is 1.13 bits per heavy atom. The molecule has 0 spiro atoms. The Hall–Kier alpha value is -2.36. The topological polar surface area (TPSA) is 72.0 Å². The maximum atomic E-state index is 12.9. The minimum Gasteiger partial charge on any atom is -0.404 e. The highest BCUT2D eigenvalue weighted by Gasteiger charge is 2.38. The average Bonchev–Trinajstić information content (AvgIpc) is 2.72. The van der Waals surface area contributed by atoms with Crippen molar-refractivity contribution in [3.05, 3.63) is 24.0 Å². The van der Waals surface area contributed by atoms with Crippen LogP contribution in [0.1, 0.15) is 37.3 Å². The average molecular weight is 427 g/mol. The third kappa shape index (κ3) is 4.85. The normalized spacial score (nSPS) is 25.8. The first-order valence-corrected chi connectivity index (χ1v) is 10.2. The minimum atomic E-state index is -4.74. The Bertz CT molecular complexity index is 778. The lowest BCUT2D eigenvalue weighted by Gasteiger charge is -2.43. The van der Waals surface area contributed by atoms with Crippen LogP contribution in [0.3, 0.4) is 0 Å². The zero-order valence-corrected chi connectivity index (χ0v) is 16.4. The Balaban J connectivity index is 1.29. The van der Waals surface area contributed by atoms with Gasteiger partial charge in [-0.05, 0) is 31.4 Å². The number of halogens is 3. The molecule has 3 fully saturated rings. The number of carbonyl (C=O) groups is 2. The van der Waals surface area contributed by atoms with Crippen LogP contribution >= 0.6 is 0 Å². The van der Waals surface area contributed by atoms with Gasteiger partial charge in [-0.1, -0.05) is 0 Å². The van der Waals surface area contributed by atoms with Crippen molar-refractivity contribution in [1.82, 2.24) is 14.8 Å². The van der Waals surface area contributed by atoms with E-state index in [9.17, 15) is 22.8 Å². The molecule has 2 atom stereocenters. The van der Waals surface area contributed by atoms with Gasteiger partial charge >= 0.3 is 12.4 Å². The number of aromatic nitrogens is 1. The van der Waals surface area contributed by atoms with Gasteiger partial charge in [-0.15, -0.1) is 13.2 Å². The number of amides is 2. The molecule has 0 N–H and O–H groups in total. The summed E-state index contributed by atoms with van der Waals surface area (Å²) in [5.74, 6) is -0.0924. The van der Waals surface area contributed by atoms with Gasteiger partial charge in [0.1, 0.15) is 12.4 Å². The van der Waals surface area contributed by atoms with Crippen LogP contribution in [-0.4, -0.2) is 71.9 Å². The van der Waals surface area contributed by atoms with Crippen molar-refractivity contribution in [2.45, 2.75) is 44.1 Å². The zero-order chi connectivity index (χ0) is 21.3. The summed E-state index contributed by atoms with van der Waals surface area (Å²) in [6.07, 6.45) is -0.988. The van der Waals surface area contributed by atoms with Crippen LogP contribution in [0.4, 0.5) is 18.0 Å². The molecule has 4 heterocycles. The summed E-state index contributed by atoms with van der Waals surface area (Å²) in [7, 11) is 0. The number of piperidine rings is 2. The summed E-state index contributed by atoms with van der Waals surface area (Å²) >= 11 is 0. The van der Waals surface area contributed by atoms with Crippen molar-refractivity contribution >= 4 is 11.8 Å². The van der Waals surface area contributed by atoms with E-state index in [1.165, 1.54) is 6.07 Å². The van der Waals surface area contributed by atoms with E-state index in [-0.39, 0.29) is 42.1 Å². The first kappa shape index (κ1) is 20.9. The summed E-state index contributed by atoms with van der Waals surface area (Å²) in [6.45, 7) is 2.46. The number of rotatable bonds is 2. The molecule has 7 nitrogen and oxygen atoms in total. The fraction of sp³-hybridized carbons (Fsp3) is 0.650. The van der Waals surface area contributed by atoms with Crippen molar-refractivity contribution in [3.8, 4) is 5.75 Å². The fourth-order valence-electron chi connectivity index (χ4n) is 4.54. The van der Waals surface area contributed by atoms with Gasteiger partial charge in [0, 0.05) is 50.1 Å². The van der Waals surface area contributed by atoms with Crippen molar-refractivity contribution in [2.75, 3.05) is 32.8 Å². The predicted molar refractivity (Wildman–Crippen MR) is 98.9 cm³/mol. The smallest absolute Gasteiger partial charge is 0.404 e. The number of ether oxygens (including phenoxy) is 2. The van der Waals surface area contributed by atoms with E-state index >= 15 is 0 Å². The van der Waals surface area contributed by atoms with Crippen LogP contribution in [0, 0.1) is 5.92 Å². The maximum absolute atomic E-state index is 12.9. The van der Waals surface area contributed by atoms with E-state index in [4.69, 9.17) is 4.74 Å². The molecule has 3 saturated heterocycles. The summed E-state index contributed by atoms with van der Waals surface area (Å²) in [5, 5.41) is 0. The Labute approximate surface area is 172 Å². The van der Waals surface area contributed by atoms with Crippen LogP contribution in [0.5, 0.6) is 5.75 Å². The second-order valence-corrected chi connectivity index (χ2v) is 8.10. The van der Waals surface area contributed by atoms with Gasteiger partial charge in [0.15, 0.2) is 5.78 Å². The molecule has 2 amide bonds. The molecular weight excluding hydrogens is 403 g/mol. The van der Waals surface area contributed by atoms with Gasteiger partial charge in [0.05, 0.1) is 12.3 Å². The molecule has 0 aromatic carbocycles. The van der Waals surface area contributed by atoms with Crippen LogP contribution in [0.25, 0.3) is 0 Å². The molecule has 3 aliphatic rings. The lowest BCUT2D eigenvalue weighted by atomic mass is 9.88. The number of fused-ring (bicyclic) bond motifs is 1. The molecule has 0 unspecified atom stereocenters. The van der Waals surface area contributed by atoms with E-state index in [1.807, 2.05) is 9.80 Å². The van der Waals surface area contributed by atoms with E-state index in [2.05, 4.69) is 9.72 Å². The first-order chi connectivity index (χ1) is 14.3. The molecule has 0 aliphatic carbocycles. The van der Waals surface area contributed by atoms with Gasteiger partial charge in [0.2, 0.25) is 0 Å². The van der Waals surface area contributed by atoms with E-state index in [0.29, 0.717) is 51.1 Å². The Kier molecular flexibility index (Phi) is 5.86. The summed E-state index contributed by atoms with van der Waals surface area (Å²) in [4.78, 5) is 32.3. The maximum Gasteiger partial charge on any atom is 0.573 e. The number of ketones is 1. The van der Waals surface area contributed by atoms with Gasteiger partial charge in [0.25, 0.3) is 0 Å². The standard InChI is InChI=1S/C20H24F3N3O4/c21-20(22,23)30-16-1-2-17(24-10-16)13-3-6-25(7-4-13)19(28)26-8-5-18-14(11-26)9-15(27)12-29-18/h1-2,10,13-14,18H,3-9,11-12H2/t14-,18+/m1/s1. The molecule has 1 aromatic rings. The Morgan fingerprint density at radius 3 is 2.53 bits per heavy atom. The number of urea groups is 1. The van der Waals surface area contributed by atoms with E-state index in [1.54, 1.807) is 6.07 Å². The SMILES string of the molecule is O=C1CO[C@H]2CCN(C(=O)N3CCC(c4ccc(OC(F)(F)F)cn4)CC3)C[C@H]2C1. The van der Waals surface area contributed by atoms with Crippen molar-refractivity contribution < 1.29 is 32.2 Å². The molecular formula is C20H24F3N3O4. The highest BCUT2D eigenvalue weighted by molar-refractivity contribution is 5.81. The Morgan fingerprint density at radius 2 is 1.87 bits per heavy atom. The molecule has 164 valence electrons. The number of carbonyl (C=O) groups excluding carboxylic acids is 2. The largest absolute Gasteiger partial charge is 0.573 e. The molecule has 30 heavy (non-hydrogen) atoms. The van der Waals surface area contributed by atoms with Gasteiger partial charge in [-0.2, -0.15) is 0 Å². The predicted octanol–water partition coefficient (Wildman–Crippen LogP) is 2.96. The van der Waals surface area contributed by atoms with Crippen molar-refractivity contribution in [1.29, 1.82) is 0 Å². The summed E-state index contributed by atoms with van der Waals surface area (Å²) in [5.41, 5.74) is 0.704. The molecule has 0 saturated carbocycles. The first-order valence-electron chi connectivity index (χ1n) is 10.2. The number of nitrogens with zero attached hydrogens (tertiary/aromatic N) is 3. The summed E-state index contributed by atoms with van der Waals surface area (Å²) < 4.78 is 46.2. The molecule has 3 aliphatic heterocycles. The van der Waals surface area contributed by atoms with Gasteiger partial charge in [-0.3, -0.25) is 9.78 Å². The zero-order valence-electron chi connectivity index (χ0n) is 16.4. The molecule has 1 aromatic heterocycles. The molecule has 0 radical (unpaired) electrons. The highest BCUT2D eigenvalue weighted by Crippen LogP contribution is 2.31. The van der Waals surface area contributed by atoms with E-state index < -0.39 is 6.36 Å². The minimum absolute atomic E-state index is 0.0215. The number of Topliss-reactive ketones (excluding diaryl/α,β-unsaturated/α-hetero) is 1. The van der Waals surface area contributed by atoms with Crippen LogP contribution in [0.15, 0.2) is 18.3 Å². The van der Waals surface area contributed by atoms with Crippen molar-refractivity contribution in [2.24, 2.45) is 5.92 Å². The number of likely N-dealkylation sites (tertiary alicyclic amines) is 2. The molecule has 4 rings (SSSR count). The third-order valence-electron chi connectivity index (χ3n) is 6.06. The number of alkyl halides is 3. The third-order valence-corrected chi connectivity index (χ3v) is 6.06. The number of hydrogen-bond acceptors (Lipinski definition) is 5. The second kappa shape index (κ2) is 8.41. The van der Waals surface area contributed by atoms with Crippen LogP contribution in [0.2, 0.25) is 0 Å². The van der Waals surface area contributed by atoms with Gasteiger partial charge in [-0.25, -0.2) is 4.79 Å². The fourth-order valence-corrected chi connectivity index (χ4v) is 4.54. The number of hydrogen-bond donors (Lipinski definition) is 0. The number of pyridine rings is 1. The van der Waals surface area contributed by atoms with Crippen LogP contribution < -0.4 is 4.74 Å². The molecule has 0 bridgehead atoms. The second-order valence-electron chi connectivity index (χ2n) is 8.10. The lowest BCUT2D eigenvalue weighted by Crippen LogP contribution is -2.54. The monoisotopic (exact) mass is 427 g/mol. The lowest BCUT2D eigenvalue weighted by molar-refractivity contribution is -0.274. The summed E-state index contributed by atoms with van der Waals surface area (Å²) in [6, 6.07) is 2.80. The quantitative estimate of drug-likeness (QED) is 0.726. The van der Waals surface area contributed by atoms with E-state index in [0.717, 1.165) is 12.6 Å². The highest BCUT2D eigenvalue weighted by atomic mass is 19.4. The van der Waals surface area contributed by atoms with Gasteiger partial charge < -0.3 is 19.3 Å². The van der Waals surface area contributed by atoms with Crippen LogP contribution in [-0.2, 0) is 9.53 Å². The van der Waals surface area contributed by atoms with Crippen molar-refractivity contribution in [3.63, 3.8) is 0 Å². The molecule has 10 heteroatoms.